The molecule has 0 bridgehead atoms. The van der Waals surface area contributed by atoms with Crippen molar-refractivity contribution in [1.29, 1.82) is 0 Å². The van der Waals surface area contributed by atoms with Crippen LogP contribution in [0.4, 0.5) is 5.69 Å². The molecule has 0 saturated heterocycles. The topological polar surface area (TPSA) is 76.0 Å². The number of carbonyl (C=O) groups is 1. The molecular weight excluding hydrogens is 268 g/mol. The minimum Gasteiger partial charge on any atom is -0.373 e. The van der Waals surface area contributed by atoms with E-state index in [-0.39, 0.29) is 29.1 Å². The number of halogens is 1. The Kier molecular flexibility index (Phi) is 5.82. The lowest BCUT2D eigenvalue weighted by Gasteiger charge is -2.12. The van der Waals surface area contributed by atoms with Crippen molar-refractivity contribution in [3.8, 4) is 0 Å². The number of hydrogen-bond acceptors (Lipinski definition) is 4. The maximum absolute atomic E-state index is 11.9. The van der Waals surface area contributed by atoms with Gasteiger partial charge in [-0.1, -0.05) is 18.5 Å². The van der Waals surface area contributed by atoms with Gasteiger partial charge in [0.2, 0.25) is 5.91 Å². The molecule has 0 aliphatic carbocycles. The number of aromatic nitrogens is 2. The first-order valence-corrected chi connectivity index (χ1v) is 6.63. The van der Waals surface area contributed by atoms with Crippen LogP contribution in [0, 0.1) is 0 Å². The lowest BCUT2D eigenvalue weighted by Crippen LogP contribution is -2.31. The number of rotatable bonds is 6. The second-order valence-electron chi connectivity index (χ2n) is 4.42. The van der Waals surface area contributed by atoms with Gasteiger partial charge in [0.25, 0.3) is 5.56 Å². The summed E-state index contributed by atoms with van der Waals surface area (Å²) in [7, 11) is 0. The highest BCUT2D eigenvalue weighted by Crippen LogP contribution is 2.15. The van der Waals surface area contributed by atoms with Crippen LogP contribution in [0.1, 0.15) is 33.2 Å². The van der Waals surface area contributed by atoms with Gasteiger partial charge in [0.15, 0.2) is 0 Å². The molecule has 106 valence electrons. The molecule has 0 aliphatic heterocycles. The first kappa shape index (κ1) is 15.5. The van der Waals surface area contributed by atoms with Crippen molar-refractivity contribution in [3.63, 3.8) is 0 Å². The Hall–Kier alpha value is -1.56. The van der Waals surface area contributed by atoms with Crippen LogP contribution in [0.3, 0.4) is 0 Å². The van der Waals surface area contributed by atoms with Crippen molar-refractivity contribution in [2.24, 2.45) is 0 Å². The van der Waals surface area contributed by atoms with E-state index in [1.165, 1.54) is 10.9 Å². The van der Waals surface area contributed by atoms with Gasteiger partial charge in [-0.25, -0.2) is 4.68 Å². The summed E-state index contributed by atoms with van der Waals surface area (Å²) in [5.74, 6) is -0.147. The summed E-state index contributed by atoms with van der Waals surface area (Å²) < 4.78 is 1.30. The third-order valence-electron chi connectivity index (χ3n) is 2.44. The molecule has 6 nitrogen and oxygen atoms in total. The van der Waals surface area contributed by atoms with Gasteiger partial charge in [-0.15, -0.1) is 0 Å². The van der Waals surface area contributed by atoms with Gasteiger partial charge in [-0.3, -0.25) is 9.59 Å². The number of amides is 1. The highest BCUT2D eigenvalue weighted by Gasteiger charge is 2.11. The van der Waals surface area contributed by atoms with Gasteiger partial charge in [-0.2, -0.15) is 5.10 Å². The molecule has 1 heterocycles. The van der Waals surface area contributed by atoms with Crippen molar-refractivity contribution in [2.75, 3.05) is 18.4 Å². The molecule has 0 unspecified atom stereocenters. The molecule has 0 aromatic carbocycles. The molecule has 1 rings (SSSR count). The van der Waals surface area contributed by atoms with Gasteiger partial charge in [0, 0.05) is 6.54 Å². The maximum Gasteiger partial charge on any atom is 0.287 e. The molecule has 19 heavy (non-hydrogen) atoms. The van der Waals surface area contributed by atoms with Crippen molar-refractivity contribution < 1.29 is 4.79 Å². The SMILES string of the molecule is CCCNC(=O)CNc1cnn(C(C)C)c(=O)c1Cl. The van der Waals surface area contributed by atoms with Crippen molar-refractivity contribution >= 4 is 23.2 Å². The number of nitrogens with zero attached hydrogens (tertiary/aromatic N) is 2. The van der Waals surface area contributed by atoms with E-state index in [0.717, 1.165) is 6.42 Å². The smallest absolute Gasteiger partial charge is 0.287 e. The van der Waals surface area contributed by atoms with Crippen LogP contribution in [-0.4, -0.2) is 28.8 Å². The molecule has 0 radical (unpaired) electrons. The molecule has 0 saturated carbocycles. The summed E-state index contributed by atoms with van der Waals surface area (Å²) >= 11 is 5.96. The second kappa shape index (κ2) is 7.13. The van der Waals surface area contributed by atoms with E-state index in [4.69, 9.17) is 11.6 Å². The Morgan fingerprint density at radius 2 is 2.21 bits per heavy atom. The molecule has 1 aromatic rings. The van der Waals surface area contributed by atoms with Gasteiger partial charge >= 0.3 is 0 Å². The number of nitrogens with one attached hydrogen (secondary N) is 2. The fraction of sp³-hybridized carbons (Fsp3) is 0.583. The Bertz CT molecular complexity index is 499. The standard InChI is InChI=1S/C12H19ClN4O2/c1-4-5-14-10(18)7-15-9-6-16-17(8(2)3)12(19)11(9)13/h6,8,15H,4-5,7H2,1-3H3,(H,14,18). The minimum atomic E-state index is -0.365. The van der Waals surface area contributed by atoms with E-state index >= 15 is 0 Å². The quantitative estimate of drug-likeness (QED) is 0.829. The van der Waals surface area contributed by atoms with E-state index in [0.29, 0.717) is 12.2 Å². The largest absolute Gasteiger partial charge is 0.373 e. The lowest BCUT2D eigenvalue weighted by atomic mass is 10.4. The van der Waals surface area contributed by atoms with Gasteiger partial charge in [0.05, 0.1) is 24.5 Å². The summed E-state index contributed by atoms with van der Waals surface area (Å²) in [6.07, 6.45) is 2.33. The van der Waals surface area contributed by atoms with E-state index in [2.05, 4.69) is 15.7 Å². The Morgan fingerprint density at radius 1 is 1.53 bits per heavy atom. The number of hydrogen-bond donors (Lipinski definition) is 2. The van der Waals surface area contributed by atoms with Gasteiger partial charge in [-0.05, 0) is 20.3 Å². The summed E-state index contributed by atoms with van der Waals surface area (Å²) in [5, 5.41) is 9.58. The summed E-state index contributed by atoms with van der Waals surface area (Å²) in [6.45, 7) is 6.35. The molecule has 7 heteroatoms. The van der Waals surface area contributed by atoms with Crippen LogP contribution in [0.15, 0.2) is 11.0 Å². The van der Waals surface area contributed by atoms with Crippen LogP contribution < -0.4 is 16.2 Å². The average molecular weight is 287 g/mol. The van der Waals surface area contributed by atoms with Gasteiger partial charge in [0.1, 0.15) is 5.02 Å². The van der Waals surface area contributed by atoms with Crippen LogP contribution >= 0.6 is 11.6 Å². The molecule has 2 N–H and O–H groups in total. The average Bonchev–Trinajstić information content (AvgIpc) is 2.37. The molecule has 0 atom stereocenters. The van der Waals surface area contributed by atoms with E-state index < -0.39 is 0 Å². The number of anilines is 1. The van der Waals surface area contributed by atoms with Crippen molar-refractivity contribution in [2.45, 2.75) is 33.2 Å². The summed E-state index contributed by atoms with van der Waals surface area (Å²) in [6, 6.07) is -0.0631. The normalized spacial score (nSPS) is 10.6. The van der Waals surface area contributed by atoms with E-state index in [1.54, 1.807) is 0 Å². The highest BCUT2D eigenvalue weighted by molar-refractivity contribution is 6.33. The molecule has 1 amide bonds. The zero-order valence-corrected chi connectivity index (χ0v) is 12.1. The number of carbonyl (C=O) groups excluding carboxylic acids is 1. The van der Waals surface area contributed by atoms with Gasteiger partial charge < -0.3 is 10.6 Å². The molecule has 1 aromatic heterocycles. The molecule has 0 spiro atoms. The van der Waals surface area contributed by atoms with Crippen LogP contribution in [0.2, 0.25) is 5.02 Å². The van der Waals surface area contributed by atoms with Crippen LogP contribution in [0.5, 0.6) is 0 Å². The maximum atomic E-state index is 11.9. The highest BCUT2D eigenvalue weighted by atomic mass is 35.5. The van der Waals surface area contributed by atoms with Crippen molar-refractivity contribution in [1.82, 2.24) is 15.1 Å². The minimum absolute atomic E-state index is 0.0481. The molecule has 0 aliphatic rings. The Balaban J connectivity index is 2.73. The third kappa shape index (κ3) is 4.24. The van der Waals surface area contributed by atoms with Crippen LogP contribution in [0.25, 0.3) is 0 Å². The fourth-order valence-electron chi connectivity index (χ4n) is 1.44. The summed E-state index contributed by atoms with van der Waals surface area (Å²) in [5.41, 5.74) is 0.00541. The van der Waals surface area contributed by atoms with Crippen molar-refractivity contribution in [3.05, 3.63) is 21.6 Å². The van der Waals surface area contributed by atoms with E-state index in [9.17, 15) is 9.59 Å². The Morgan fingerprint density at radius 3 is 2.79 bits per heavy atom. The van der Waals surface area contributed by atoms with Crippen LogP contribution in [-0.2, 0) is 4.79 Å². The van der Waals surface area contributed by atoms with E-state index in [1.807, 2.05) is 20.8 Å². The summed E-state index contributed by atoms with van der Waals surface area (Å²) in [4.78, 5) is 23.3. The second-order valence-corrected chi connectivity index (χ2v) is 4.80. The molecular formula is C12H19ClN4O2. The monoisotopic (exact) mass is 286 g/mol. The third-order valence-corrected chi connectivity index (χ3v) is 2.81. The zero-order chi connectivity index (χ0) is 14.4. The lowest BCUT2D eigenvalue weighted by molar-refractivity contribution is -0.119. The fourth-order valence-corrected chi connectivity index (χ4v) is 1.64. The predicted octanol–water partition coefficient (Wildman–Crippen LogP) is 1.42. The predicted molar refractivity (Wildman–Crippen MR) is 75.7 cm³/mol. The first-order valence-electron chi connectivity index (χ1n) is 6.25. The first-order chi connectivity index (χ1) is 8.97. The Labute approximate surface area is 117 Å². The zero-order valence-electron chi connectivity index (χ0n) is 11.4. The molecule has 0 fully saturated rings.